The van der Waals surface area contributed by atoms with Crippen LogP contribution < -0.4 is 10.6 Å². The zero-order valence-electron chi connectivity index (χ0n) is 13.4. The van der Waals surface area contributed by atoms with Gasteiger partial charge in [-0.15, -0.1) is 0 Å². The molecule has 2 atom stereocenters. The molecule has 1 amide bonds. The van der Waals surface area contributed by atoms with Crippen molar-refractivity contribution in [2.45, 2.75) is 38.8 Å². The number of hydrogen-bond acceptors (Lipinski definition) is 2. The Hall–Kier alpha value is -1.84. The average molecular weight is 329 g/mol. The van der Waals surface area contributed by atoms with Crippen LogP contribution in [0.2, 0.25) is 5.02 Å². The molecule has 0 heterocycles. The lowest BCUT2D eigenvalue weighted by Gasteiger charge is -2.20. The number of hydrogen-bond donors (Lipinski definition) is 2. The average Bonchev–Trinajstić information content (AvgIpc) is 2.94. The molecular weight excluding hydrogens is 308 g/mol. The highest BCUT2D eigenvalue weighted by Gasteiger charge is 2.25. The summed E-state index contributed by atoms with van der Waals surface area (Å²) in [6.45, 7) is 3.85. The number of halogens is 1. The largest absolute Gasteiger partial charge is 0.324 e. The Morgan fingerprint density at radius 1 is 1.26 bits per heavy atom. The third-order valence-corrected chi connectivity index (χ3v) is 4.67. The first-order valence-electron chi connectivity index (χ1n) is 7.95. The summed E-state index contributed by atoms with van der Waals surface area (Å²) < 4.78 is 0. The zero-order valence-corrected chi connectivity index (χ0v) is 14.2. The van der Waals surface area contributed by atoms with Crippen molar-refractivity contribution in [1.29, 1.82) is 0 Å². The van der Waals surface area contributed by atoms with Gasteiger partial charge in [-0.25, -0.2) is 0 Å². The van der Waals surface area contributed by atoms with Gasteiger partial charge in [0.15, 0.2) is 0 Å². The minimum atomic E-state index is -0.274. The molecule has 0 saturated carbocycles. The lowest BCUT2D eigenvalue weighted by atomic mass is 10.1. The predicted octanol–water partition coefficient (Wildman–Crippen LogP) is 4.25. The molecule has 120 valence electrons. The van der Waals surface area contributed by atoms with Crippen LogP contribution in [0.3, 0.4) is 0 Å². The minimum absolute atomic E-state index is 0.0419. The fourth-order valence-corrected chi connectivity index (χ4v) is 3.25. The van der Waals surface area contributed by atoms with Crippen LogP contribution in [0.15, 0.2) is 42.5 Å². The van der Waals surface area contributed by atoms with Gasteiger partial charge >= 0.3 is 0 Å². The van der Waals surface area contributed by atoms with E-state index in [4.69, 9.17) is 11.6 Å². The molecular formula is C19H21ClN2O. The molecule has 3 nitrogen and oxygen atoms in total. The first-order valence-corrected chi connectivity index (χ1v) is 8.33. The van der Waals surface area contributed by atoms with E-state index in [0.29, 0.717) is 5.02 Å². The van der Waals surface area contributed by atoms with E-state index in [9.17, 15) is 4.79 Å². The summed E-state index contributed by atoms with van der Waals surface area (Å²) in [4.78, 5) is 12.5. The van der Waals surface area contributed by atoms with Gasteiger partial charge in [0.05, 0.1) is 6.04 Å². The standard InChI is InChI=1S/C19H21ClN2O/c1-12-7-9-15(20)11-18(12)22-19(23)13(2)21-17-10-8-14-5-3-4-6-16(14)17/h3-7,9,11,13,17,21H,8,10H2,1-2H3,(H,22,23)/t13-,17+/m0/s1. The number of nitrogens with one attached hydrogen (secondary N) is 2. The quantitative estimate of drug-likeness (QED) is 0.880. The number of amides is 1. The normalized spacial score (nSPS) is 17.6. The number of carbonyl (C=O) groups excluding carboxylic acids is 1. The SMILES string of the molecule is Cc1ccc(Cl)cc1NC(=O)[C@H](C)N[C@@H]1CCc2ccccc21. The topological polar surface area (TPSA) is 41.1 Å². The molecule has 3 rings (SSSR count). The van der Waals surface area contributed by atoms with E-state index in [1.807, 2.05) is 26.0 Å². The molecule has 0 aliphatic heterocycles. The van der Waals surface area contributed by atoms with Crippen LogP contribution in [-0.4, -0.2) is 11.9 Å². The first-order chi connectivity index (χ1) is 11.0. The van der Waals surface area contributed by atoms with Gasteiger partial charge in [-0.1, -0.05) is 41.9 Å². The van der Waals surface area contributed by atoms with Crippen molar-refractivity contribution in [2.75, 3.05) is 5.32 Å². The van der Waals surface area contributed by atoms with Crippen molar-refractivity contribution in [3.8, 4) is 0 Å². The molecule has 1 aliphatic carbocycles. The third-order valence-electron chi connectivity index (χ3n) is 4.43. The maximum absolute atomic E-state index is 12.5. The molecule has 1 aliphatic rings. The molecule has 2 N–H and O–H groups in total. The summed E-state index contributed by atoms with van der Waals surface area (Å²) in [6.07, 6.45) is 2.10. The summed E-state index contributed by atoms with van der Waals surface area (Å²) in [6, 6.07) is 13.9. The van der Waals surface area contributed by atoms with Gasteiger partial charge in [-0.3, -0.25) is 10.1 Å². The fraction of sp³-hybridized carbons (Fsp3) is 0.316. The molecule has 0 spiro atoms. The third kappa shape index (κ3) is 3.57. The monoisotopic (exact) mass is 328 g/mol. The Morgan fingerprint density at radius 2 is 2.04 bits per heavy atom. The van der Waals surface area contributed by atoms with E-state index in [2.05, 4.69) is 34.9 Å². The Kier molecular flexibility index (Phi) is 4.69. The molecule has 0 unspecified atom stereocenters. The Labute approximate surface area is 142 Å². The Balaban J connectivity index is 1.66. The molecule has 2 aromatic rings. The maximum atomic E-state index is 12.5. The molecule has 2 aromatic carbocycles. The summed E-state index contributed by atoms with van der Waals surface area (Å²) in [5, 5.41) is 7.03. The molecule has 0 aromatic heterocycles. The van der Waals surface area contributed by atoms with Crippen LogP contribution in [0.5, 0.6) is 0 Å². The summed E-state index contributed by atoms with van der Waals surface area (Å²) in [5.74, 6) is -0.0419. The second-order valence-electron chi connectivity index (χ2n) is 6.13. The van der Waals surface area contributed by atoms with Gasteiger partial charge in [0, 0.05) is 16.8 Å². The lowest BCUT2D eigenvalue weighted by Crippen LogP contribution is -2.39. The van der Waals surface area contributed by atoms with E-state index in [-0.39, 0.29) is 18.0 Å². The minimum Gasteiger partial charge on any atom is -0.324 e. The highest BCUT2D eigenvalue weighted by atomic mass is 35.5. The van der Waals surface area contributed by atoms with Gasteiger partial charge in [0.25, 0.3) is 0 Å². The van der Waals surface area contributed by atoms with Crippen molar-refractivity contribution in [3.63, 3.8) is 0 Å². The first kappa shape index (κ1) is 16.0. The molecule has 0 fully saturated rings. The molecule has 0 radical (unpaired) electrons. The van der Waals surface area contributed by atoms with Crippen LogP contribution in [0.25, 0.3) is 0 Å². The van der Waals surface area contributed by atoms with Gasteiger partial charge in [0.1, 0.15) is 0 Å². The number of benzene rings is 2. The smallest absolute Gasteiger partial charge is 0.241 e. The molecule has 23 heavy (non-hydrogen) atoms. The van der Waals surface area contributed by atoms with Crippen LogP contribution >= 0.6 is 11.6 Å². The van der Waals surface area contributed by atoms with E-state index >= 15 is 0 Å². The highest BCUT2D eigenvalue weighted by molar-refractivity contribution is 6.31. The predicted molar refractivity (Wildman–Crippen MR) is 94.9 cm³/mol. The Bertz CT molecular complexity index is 729. The van der Waals surface area contributed by atoms with E-state index in [0.717, 1.165) is 24.1 Å². The van der Waals surface area contributed by atoms with Gasteiger partial charge in [-0.05, 0) is 55.5 Å². The highest BCUT2D eigenvalue weighted by Crippen LogP contribution is 2.31. The fourth-order valence-electron chi connectivity index (χ4n) is 3.08. The molecule has 0 bridgehead atoms. The van der Waals surface area contributed by atoms with Crippen LogP contribution in [0.4, 0.5) is 5.69 Å². The van der Waals surface area contributed by atoms with Crippen LogP contribution in [0, 0.1) is 6.92 Å². The Morgan fingerprint density at radius 3 is 2.87 bits per heavy atom. The van der Waals surface area contributed by atoms with Gasteiger partial charge < -0.3 is 5.32 Å². The number of aryl methyl sites for hydroxylation is 2. The van der Waals surface area contributed by atoms with Crippen LogP contribution in [0.1, 0.15) is 36.1 Å². The second kappa shape index (κ2) is 6.73. The van der Waals surface area contributed by atoms with E-state index in [1.165, 1.54) is 11.1 Å². The zero-order chi connectivity index (χ0) is 16.4. The number of rotatable bonds is 4. The molecule has 0 saturated heterocycles. The second-order valence-corrected chi connectivity index (χ2v) is 6.56. The van der Waals surface area contributed by atoms with Gasteiger partial charge in [0.2, 0.25) is 5.91 Å². The molecule has 4 heteroatoms. The van der Waals surface area contributed by atoms with Crippen LogP contribution in [-0.2, 0) is 11.2 Å². The summed E-state index contributed by atoms with van der Waals surface area (Å²) in [5.41, 5.74) is 4.46. The van der Waals surface area contributed by atoms with Crippen molar-refractivity contribution in [3.05, 3.63) is 64.2 Å². The van der Waals surface area contributed by atoms with Crippen molar-refractivity contribution in [2.24, 2.45) is 0 Å². The number of carbonyl (C=O) groups is 1. The number of fused-ring (bicyclic) bond motifs is 1. The van der Waals surface area contributed by atoms with E-state index < -0.39 is 0 Å². The number of anilines is 1. The summed E-state index contributed by atoms with van der Waals surface area (Å²) >= 11 is 6.01. The maximum Gasteiger partial charge on any atom is 0.241 e. The lowest BCUT2D eigenvalue weighted by molar-refractivity contribution is -0.118. The van der Waals surface area contributed by atoms with Crippen molar-refractivity contribution >= 4 is 23.2 Å². The van der Waals surface area contributed by atoms with Crippen molar-refractivity contribution < 1.29 is 4.79 Å². The van der Waals surface area contributed by atoms with Crippen molar-refractivity contribution in [1.82, 2.24) is 5.32 Å². The van der Waals surface area contributed by atoms with Gasteiger partial charge in [-0.2, -0.15) is 0 Å². The summed E-state index contributed by atoms with van der Waals surface area (Å²) in [7, 11) is 0. The van der Waals surface area contributed by atoms with E-state index in [1.54, 1.807) is 6.07 Å².